The lowest BCUT2D eigenvalue weighted by molar-refractivity contribution is -0.142. The Morgan fingerprint density at radius 3 is 2.67 bits per heavy atom. The van der Waals surface area contributed by atoms with E-state index in [-0.39, 0.29) is 12.4 Å². The summed E-state index contributed by atoms with van der Waals surface area (Å²) in [4.78, 5) is 11.5. The number of carbonyl (C=O) groups is 1. The molecule has 1 aromatic heterocycles. The van der Waals surface area contributed by atoms with Crippen molar-refractivity contribution in [3.8, 4) is 11.1 Å². The number of hydrogen-bond acceptors (Lipinski definition) is 3. The van der Waals surface area contributed by atoms with Crippen molar-refractivity contribution in [2.45, 2.75) is 20.3 Å². The van der Waals surface area contributed by atoms with Crippen molar-refractivity contribution in [2.75, 3.05) is 6.61 Å². The maximum atomic E-state index is 11.5. The molecule has 1 heterocycles. The zero-order valence-electron chi connectivity index (χ0n) is 10.6. The van der Waals surface area contributed by atoms with Gasteiger partial charge in [0.15, 0.2) is 0 Å². The van der Waals surface area contributed by atoms with Gasteiger partial charge < -0.3 is 9.15 Å². The van der Waals surface area contributed by atoms with E-state index >= 15 is 0 Å². The minimum absolute atomic E-state index is 0.173. The van der Waals surface area contributed by atoms with Gasteiger partial charge >= 0.3 is 5.97 Å². The molecule has 0 radical (unpaired) electrons. The van der Waals surface area contributed by atoms with E-state index in [9.17, 15) is 4.79 Å². The van der Waals surface area contributed by atoms with Gasteiger partial charge in [-0.25, -0.2) is 0 Å². The summed E-state index contributed by atoms with van der Waals surface area (Å²) in [6.45, 7) is 4.06. The van der Waals surface area contributed by atoms with E-state index in [1.54, 1.807) is 6.92 Å². The first-order valence-corrected chi connectivity index (χ1v) is 6.01. The van der Waals surface area contributed by atoms with E-state index in [1.165, 1.54) is 0 Å². The molecular weight excluding hydrogens is 228 g/mol. The molecule has 0 N–H and O–H groups in total. The highest BCUT2D eigenvalue weighted by Gasteiger charge is 2.15. The molecule has 0 aliphatic carbocycles. The van der Waals surface area contributed by atoms with Crippen LogP contribution in [0.5, 0.6) is 0 Å². The van der Waals surface area contributed by atoms with Gasteiger partial charge in [0.25, 0.3) is 0 Å². The van der Waals surface area contributed by atoms with Crippen molar-refractivity contribution >= 4 is 5.97 Å². The molecule has 0 saturated heterocycles. The molecule has 3 heteroatoms. The Labute approximate surface area is 106 Å². The highest BCUT2D eigenvalue weighted by Crippen LogP contribution is 2.27. The van der Waals surface area contributed by atoms with Gasteiger partial charge in [-0.05, 0) is 25.5 Å². The van der Waals surface area contributed by atoms with E-state index < -0.39 is 0 Å². The molecule has 0 bridgehead atoms. The normalized spacial score (nSPS) is 10.3. The summed E-state index contributed by atoms with van der Waals surface area (Å²) in [6.07, 6.45) is 0.173. The fraction of sp³-hybridized carbons (Fsp3) is 0.267. The molecule has 94 valence electrons. The van der Waals surface area contributed by atoms with Crippen LogP contribution in [0.1, 0.15) is 18.4 Å². The SMILES string of the molecule is CCOC(=O)Cc1oc(C)cc1-c1ccccc1. The number of aryl methyl sites for hydroxylation is 1. The summed E-state index contributed by atoms with van der Waals surface area (Å²) in [6, 6.07) is 11.8. The summed E-state index contributed by atoms with van der Waals surface area (Å²) in [5.74, 6) is 1.20. The van der Waals surface area contributed by atoms with Crippen LogP contribution in [0.2, 0.25) is 0 Å². The van der Waals surface area contributed by atoms with Gasteiger partial charge in [0.2, 0.25) is 0 Å². The number of ether oxygens (including phenoxy) is 1. The standard InChI is InChI=1S/C15H16O3/c1-3-17-15(16)10-14-13(9-11(2)18-14)12-7-5-4-6-8-12/h4-9H,3,10H2,1-2H3. The smallest absolute Gasteiger partial charge is 0.313 e. The monoisotopic (exact) mass is 244 g/mol. The first-order valence-electron chi connectivity index (χ1n) is 6.01. The van der Waals surface area contributed by atoms with Gasteiger partial charge in [-0.3, -0.25) is 4.79 Å². The van der Waals surface area contributed by atoms with Gasteiger partial charge in [-0.1, -0.05) is 30.3 Å². The molecule has 0 unspecified atom stereocenters. The van der Waals surface area contributed by atoms with Crippen LogP contribution >= 0.6 is 0 Å². The van der Waals surface area contributed by atoms with E-state index in [2.05, 4.69) is 0 Å². The number of rotatable bonds is 4. The quantitative estimate of drug-likeness (QED) is 0.774. The summed E-state index contributed by atoms with van der Waals surface area (Å²) in [5.41, 5.74) is 2.01. The summed E-state index contributed by atoms with van der Waals surface area (Å²) >= 11 is 0. The lowest BCUT2D eigenvalue weighted by Crippen LogP contribution is -2.07. The second-order valence-corrected chi connectivity index (χ2v) is 4.04. The zero-order chi connectivity index (χ0) is 13.0. The van der Waals surface area contributed by atoms with E-state index in [4.69, 9.17) is 9.15 Å². The predicted molar refractivity (Wildman–Crippen MR) is 69.2 cm³/mol. The summed E-state index contributed by atoms with van der Waals surface area (Å²) in [7, 11) is 0. The molecule has 0 spiro atoms. The number of benzene rings is 1. The van der Waals surface area contributed by atoms with Crippen molar-refractivity contribution in [3.63, 3.8) is 0 Å². The number of hydrogen-bond donors (Lipinski definition) is 0. The average Bonchev–Trinajstić information content (AvgIpc) is 2.71. The topological polar surface area (TPSA) is 39.4 Å². The molecule has 0 amide bonds. The Hall–Kier alpha value is -2.03. The van der Waals surface area contributed by atoms with Crippen molar-refractivity contribution in [1.29, 1.82) is 0 Å². The Kier molecular flexibility index (Phi) is 3.82. The second-order valence-electron chi connectivity index (χ2n) is 4.04. The van der Waals surface area contributed by atoms with E-state index in [0.717, 1.165) is 16.9 Å². The third-order valence-electron chi connectivity index (χ3n) is 2.63. The fourth-order valence-electron chi connectivity index (χ4n) is 1.90. The molecule has 3 nitrogen and oxygen atoms in total. The Balaban J connectivity index is 2.29. The third-order valence-corrected chi connectivity index (χ3v) is 2.63. The Bertz CT molecular complexity index is 526. The van der Waals surface area contributed by atoms with E-state index in [0.29, 0.717) is 12.4 Å². The van der Waals surface area contributed by atoms with Gasteiger partial charge in [0.05, 0.1) is 6.61 Å². The van der Waals surface area contributed by atoms with Gasteiger partial charge in [0, 0.05) is 5.56 Å². The van der Waals surface area contributed by atoms with Crippen molar-refractivity contribution in [1.82, 2.24) is 0 Å². The Morgan fingerprint density at radius 1 is 1.28 bits per heavy atom. The fourth-order valence-corrected chi connectivity index (χ4v) is 1.90. The molecule has 0 saturated carbocycles. The van der Waals surface area contributed by atoms with Crippen LogP contribution < -0.4 is 0 Å². The number of furan rings is 1. The van der Waals surface area contributed by atoms with E-state index in [1.807, 2.05) is 43.3 Å². The molecule has 0 aliphatic heterocycles. The van der Waals surface area contributed by atoms with Gasteiger partial charge in [-0.2, -0.15) is 0 Å². The largest absolute Gasteiger partial charge is 0.466 e. The van der Waals surface area contributed by atoms with Crippen LogP contribution in [-0.4, -0.2) is 12.6 Å². The zero-order valence-corrected chi connectivity index (χ0v) is 10.6. The van der Waals surface area contributed by atoms with Crippen LogP contribution in [0.15, 0.2) is 40.8 Å². The minimum Gasteiger partial charge on any atom is -0.466 e. The lowest BCUT2D eigenvalue weighted by atomic mass is 10.0. The second kappa shape index (κ2) is 5.54. The maximum Gasteiger partial charge on any atom is 0.313 e. The third kappa shape index (κ3) is 2.80. The van der Waals surface area contributed by atoms with Crippen LogP contribution in [0.25, 0.3) is 11.1 Å². The molecule has 0 fully saturated rings. The molecular formula is C15H16O3. The van der Waals surface area contributed by atoms with Crippen LogP contribution in [0.3, 0.4) is 0 Å². The van der Waals surface area contributed by atoms with Crippen LogP contribution in [0, 0.1) is 6.92 Å². The van der Waals surface area contributed by atoms with Crippen molar-refractivity contribution in [2.24, 2.45) is 0 Å². The van der Waals surface area contributed by atoms with Crippen molar-refractivity contribution < 1.29 is 13.9 Å². The number of esters is 1. The summed E-state index contributed by atoms with van der Waals surface area (Å²) in [5, 5.41) is 0. The molecule has 2 aromatic rings. The number of carbonyl (C=O) groups excluding carboxylic acids is 1. The molecule has 1 aromatic carbocycles. The van der Waals surface area contributed by atoms with Gasteiger partial charge in [-0.15, -0.1) is 0 Å². The molecule has 2 rings (SSSR count). The van der Waals surface area contributed by atoms with Crippen LogP contribution in [-0.2, 0) is 16.0 Å². The first kappa shape index (κ1) is 12.4. The maximum absolute atomic E-state index is 11.5. The average molecular weight is 244 g/mol. The molecule has 0 atom stereocenters. The highest BCUT2D eigenvalue weighted by atomic mass is 16.5. The first-order chi connectivity index (χ1) is 8.70. The lowest BCUT2D eigenvalue weighted by Gasteiger charge is -2.03. The minimum atomic E-state index is -0.260. The summed E-state index contributed by atoms with van der Waals surface area (Å²) < 4.78 is 10.5. The molecule has 0 aliphatic rings. The highest BCUT2D eigenvalue weighted by molar-refractivity contribution is 5.76. The predicted octanol–water partition coefficient (Wildman–Crippen LogP) is 3.36. The van der Waals surface area contributed by atoms with Crippen molar-refractivity contribution in [3.05, 3.63) is 47.9 Å². The molecule has 18 heavy (non-hydrogen) atoms. The van der Waals surface area contributed by atoms with Crippen LogP contribution in [0.4, 0.5) is 0 Å². The Morgan fingerprint density at radius 2 is 2.00 bits per heavy atom. The van der Waals surface area contributed by atoms with Gasteiger partial charge in [0.1, 0.15) is 17.9 Å².